The van der Waals surface area contributed by atoms with E-state index in [1.165, 1.54) is 50.2 Å². The van der Waals surface area contributed by atoms with Gasteiger partial charge in [0.15, 0.2) is 14.9 Å². The number of non-ortho nitro benzene ring substituents is 1. The van der Waals surface area contributed by atoms with Gasteiger partial charge in [0.25, 0.3) is 15.7 Å². The molecule has 10 nitrogen and oxygen atoms in total. The molecule has 0 aliphatic heterocycles. The molecular formula is C19H18N4O6S2. The number of nitrogens with one attached hydrogen (secondary N) is 1. The largest absolute Gasteiger partial charge is 0.280 e. The quantitative estimate of drug-likeness (QED) is 0.416. The predicted molar refractivity (Wildman–Crippen MR) is 114 cm³/mol. The summed E-state index contributed by atoms with van der Waals surface area (Å²) in [5.74, 6) is -0.102. The first kappa shape index (κ1) is 22.3. The van der Waals surface area contributed by atoms with Gasteiger partial charge in [-0.05, 0) is 36.8 Å². The summed E-state index contributed by atoms with van der Waals surface area (Å²) in [7, 11) is -7.59. The molecule has 3 rings (SSSR count). The molecule has 1 heterocycles. The molecule has 2 aromatic carbocycles. The summed E-state index contributed by atoms with van der Waals surface area (Å²) in [6.45, 7) is 3.04. The topological polar surface area (TPSA) is 149 Å². The Morgan fingerprint density at radius 2 is 1.74 bits per heavy atom. The lowest BCUT2D eigenvalue weighted by Gasteiger charge is -2.11. The van der Waals surface area contributed by atoms with Crippen LogP contribution in [0.25, 0.3) is 11.3 Å². The molecule has 0 aliphatic rings. The second-order valence-electron chi connectivity index (χ2n) is 6.55. The summed E-state index contributed by atoms with van der Waals surface area (Å²) in [6, 6.07) is 12.7. The Labute approximate surface area is 179 Å². The van der Waals surface area contributed by atoms with Gasteiger partial charge >= 0.3 is 0 Å². The van der Waals surface area contributed by atoms with Gasteiger partial charge in [-0.15, -0.1) is 10.2 Å². The molecule has 3 aromatic rings. The van der Waals surface area contributed by atoms with Gasteiger partial charge < -0.3 is 0 Å². The van der Waals surface area contributed by atoms with Crippen molar-refractivity contribution in [2.24, 2.45) is 0 Å². The molecule has 31 heavy (non-hydrogen) atoms. The normalized spacial score (nSPS) is 11.8. The second-order valence-corrected chi connectivity index (χ2v) is 10.4. The van der Waals surface area contributed by atoms with Crippen LogP contribution >= 0.6 is 0 Å². The Kier molecular flexibility index (Phi) is 6.04. The van der Waals surface area contributed by atoms with Gasteiger partial charge in [0, 0.05) is 23.4 Å². The number of rotatable bonds is 7. The van der Waals surface area contributed by atoms with E-state index < -0.39 is 24.8 Å². The molecule has 0 saturated heterocycles. The van der Waals surface area contributed by atoms with Crippen LogP contribution in [0.1, 0.15) is 12.5 Å². The molecule has 162 valence electrons. The van der Waals surface area contributed by atoms with Crippen LogP contribution in [0.3, 0.4) is 0 Å². The Bertz CT molecular complexity index is 1350. The van der Waals surface area contributed by atoms with Crippen LogP contribution in [0.15, 0.2) is 64.5 Å². The van der Waals surface area contributed by atoms with Crippen LogP contribution in [0.5, 0.6) is 0 Å². The number of aromatic nitrogens is 2. The summed E-state index contributed by atoms with van der Waals surface area (Å²) in [4.78, 5) is 10.1. The number of aryl methyl sites for hydroxylation is 1. The summed E-state index contributed by atoms with van der Waals surface area (Å²) >= 11 is 0. The van der Waals surface area contributed by atoms with Crippen molar-refractivity contribution in [1.29, 1.82) is 0 Å². The van der Waals surface area contributed by atoms with E-state index in [-0.39, 0.29) is 27.0 Å². The van der Waals surface area contributed by atoms with Gasteiger partial charge in [-0.25, -0.2) is 16.8 Å². The molecule has 0 spiro atoms. The zero-order chi connectivity index (χ0) is 22.8. The third kappa shape index (κ3) is 4.86. The maximum atomic E-state index is 12.8. The SMILES string of the molecule is CCS(=O)(=O)c1ccc(-c2cccc(NS(=O)(=O)c3cc([N+](=O)[O-])ccc3C)c2)nn1. The number of hydrogen-bond acceptors (Lipinski definition) is 8. The molecule has 12 heteroatoms. The average Bonchev–Trinajstić information content (AvgIpc) is 2.73. The Morgan fingerprint density at radius 1 is 1.00 bits per heavy atom. The lowest BCUT2D eigenvalue weighted by molar-refractivity contribution is -0.385. The number of nitro groups is 1. The first-order valence-electron chi connectivity index (χ1n) is 8.98. The molecular weight excluding hydrogens is 444 g/mol. The van der Waals surface area contributed by atoms with Gasteiger partial charge in [0.2, 0.25) is 0 Å². The number of sulfonamides is 1. The van der Waals surface area contributed by atoms with Crippen molar-refractivity contribution in [3.05, 3.63) is 70.3 Å². The third-order valence-corrected chi connectivity index (χ3v) is 7.56. The highest BCUT2D eigenvalue weighted by atomic mass is 32.2. The molecule has 0 unspecified atom stereocenters. The molecule has 1 aromatic heterocycles. The zero-order valence-electron chi connectivity index (χ0n) is 16.5. The minimum Gasteiger partial charge on any atom is -0.280 e. The van der Waals surface area contributed by atoms with Crippen LogP contribution in [0.4, 0.5) is 11.4 Å². The van der Waals surface area contributed by atoms with E-state index >= 15 is 0 Å². The highest BCUT2D eigenvalue weighted by Crippen LogP contribution is 2.26. The van der Waals surface area contributed by atoms with E-state index in [2.05, 4.69) is 14.9 Å². The molecule has 0 bridgehead atoms. The highest BCUT2D eigenvalue weighted by molar-refractivity contribution is 7.92. The van der Waals surface area contributed by atoms with E-state index in [1.807, 2.05) is 0 Å². The van der Waals surface area contributed by atoms with Crippen molar-refractivity contribution >= 4 is 31.2 Å². The summed E-state index contributed by atoms with van der Waals surface area (Å²) in [5.41, 5.74) is 1.08. The average molecular weight is 463 g/mol. The predicted octanol–water partition coefficient (Wildman–Crippen LogP) is 2.95. The molecule has 1 N–H and O–H groups in total. The first-order valence-corrected chi connectivity index (χ1v) is 12.1. The second kappa shape index (κ2) is 8.40. The molecule has 0 saturated carbocycles. The van der Waals surface area contributed by atoms with Crippen LogP contribution in [0.2, 0.25) is 0 Å². The van der Waals surface area contributed by atoms with Crippen molar-refractivity contribution in [3.63, 3.8) is 0 Å². The Hall–Kier alpha value is -3.38. The molecule has 0 amide bonds. The summed E-state index contributed by atoms with van der Waals surface area (Å²) in [5, 5.41) is 18.5. The van der Waals surface area contributed by atoms with Crippen molar-refractivity contribution in [2.45, 2.75) is 23.8 Å². The smallest absolute Gasteiger partial charge is 0.270 e. The van der Waals surface area contributed by atoms with Crippen LogP contribution in [0, 0.1) is 17.0 Å². The highest BCUT2D eigenvalue weighted by Gasteiger charge is 2.21. The van der Waals surface area contributed by atoms with Gasteiger partial charge in [-0.2, -0.15) is 0 Å². The lowest BCUT2D eigenvalue weighted by Crippen LogP contribution is -2.14. The van der Waals surface area contributed by atoms with Gasteiger partial charge in [-0.3, -0.25) is 14.8 Å². The van der Waals surface area contributed by atoms with Crippen molar-refractivity contribution < 1.29 is 21.8 Å². The van der Waals surface area contributed by atoms with E-state index in [4.69, 9.17) is 0 Å². The molecule has 0 radical (unpaired) electrons. The maximum absolute atomic E-state index is 12.8. The minimum atomic E-state index is -4.10. The number of sulfone groups is 1. The van der Waals surface area contributed by atoms with Crippen molar-refractivity contribution in [2.75, 3.05) is 10.5 Å². The fourth-order valence-corrected chi connectivity index (χ4v) is 4.78. The number of nitro benzene ring substituents is 1. The van der Waals surface area contributed by atoms with Crippen molar-refractivity contribution in [3.8, 4) is 11.3 Å². The van der Waals surface area contributed by atoms with E-state index in [0.717, 1.165) is 6.07 Å². The molecule has 0 fully saturated rings. The fourth-order valence-electron chi connectivity index (χ4n) is 2.73. The van der Waals surface area contributed by atoms with Crippen LogP contribution in [-0.2, 0) is 19.9 Å². The number of nitrogens with zero attached hydrogens (tertiary/aromatic N) is 3. The maximum Gasteiger partial charge on any atom is 0.270 e. The Morgan fingerprint density at radius 3 is 2.35 bits per heavy atom. The number of anilines is 1. The Balaban J connectivity index is 1.92. The third-order valence-electron chi connectivity index (χ3n) is 4.42. The van der Waals surface area contributed by atoms with Gasteiger partial charge in [0.1, 0.15) is 0 Å². The van der Waals surface area contributed by atoms with E-state index in [9.17, 15) is 26.9 Å². The lowest BCUT2D eigenvalue weighted by atomic mass is 10.1. The monoisotopic (exact) mass is 462 g/mol. The number of benzene rings is 2. The standard InChI is InChI=1S/C19H18N4O6S2/c1-3-30(26,27)19-10-9-17(20-21-19)14-5-4-6-15(11-14)22-31(28,29)18-12-16(23(24)25)8-7-13(18)2/h4-12,22H,3H2,1-2H3. The van der Waals surface area contributed by atoms with Crippen LogP contribution in [-0.4, -0.2) is 37.7 Å². The first-order chi connectivity index (χ1) is 14.5. The van der Waals surface area contributed by atoms with Gasteiger partial charge in [0.05, 0.1) is 21.3 Å². The van der Waals surface area contributed by atoms with E-state index in [0.29, 0.717) is 16.8 Å². The fraction of sp³-hybridized carbons (Fsp3) is 0.158. The minimum absolute atomic E-state index is 0.102. The van der Waals surface area contributed by atoms with Crippen LogP contribution < -0.4 is 4.72 Å². The summed E-state index contributed by atoms with van der Waals surface area (Å²) in [6.07, 6.45) is 0. The zero-order valence-corrected chi connectivity index (χ0v) is 18.1. The van der Waals surface area contributed by atoms with Crippen molar-refractivity contribution in [1.82, 2.24) is 10.2 Å². The van der Waals surface area contributed by atoms with Gasteiger partial charge in [-0.1, -0.05) is 25.1 Å². The summed E-state index contributed by atoms with van der Waals surface area (Å²) < 4.78 is 51.7. The van der Waals surface area contributed by atoms with E-state index in [1.54, 1.807) is 12.1 Å². The molecule has 0 atom stereocenters. The molecule has 0 aliphatic carbocycles. The number of hydrogen-bond donors (Lipinski definition) is 1.